The molecule has 0 spiro atoms. The van der Waals surface area contributed by atoms with E-state index >= 15 is 0 Å². The first-order valence-electron chi connectivity index (χ1n) is 9.09. The first-order valence-corrected chi connectivity index (χ1v) is 9.09. The van der Waals surface area contributed by atoms with Gasteiger partial charge in [-0.25, -0.2) is 0 Å². The third kappa shape index (κ3) is 3.28. The average Bonchev–Trinajstić information content (AvgIpc) is 2.68. The lowest BCUT2D eigenvalue weighted by Crippen LogP contribution is -2.44. The molecule has 4 rings (SSSR count). The van der Waals surface area contributed by atoms with E-state index in [1.165, 1.54) is 0 Å². The van der Waals surface area contributed by atoms with E-state index in [1.54, 1.807) is 22.9 Å². The monoisotopic (exact) mass is 349 g/mol. The number of aliphatic hydroxyl groups is 1. The minimum absolute atomic E-state index is 0.0328. The van der Waals surface area contributed by atoms with E-state index in [2.05, 4.69) is 9.88 Å². The van der Waals surface area contributed by atoms with Gasteiger partial charge >= 0.3 is 0 Å². The van der Waals surface area contributed by atoms with Gasteiger partial charge in [-0.1, -0.05) is 24.3 Å². The lowest BCUT2D eigenvalue weighted by molar-refractivity contribution is -0.0252. The molecule has 26 heavy (non-hydrogen) atoms. The fourth-order valence-electron chi connectivity index (χ4n) is 3.84. The lowest BCUT2D eigenvalue weighted by Gasteiger charge is -2.39. The SMILES string of the molecule is O=c1ccccn1CCN1CCC(O)(c2cccc3cnccc23)CC1. The Morgan fingerprint density at radius 2 is 1.88 bits per heavy atom. The number of hydrogen-bond donors (Lipinski definition) is 1. The Labute approximate surface area is 152 Å². The van der Waals surface area contributed by atoms with Gasteiger partial charge in [0.1, 0.15) is 0 Å². The van der Waals surface area contributed by atoms with Gasteiger partial charge in [-0.2, -0.15) is 0 Å². The Hall–Kier alpha value is -2.50. The molecular formula is C21H23N3O2. The summed E-state index contributed by atoms with van der Waals surface area (Å²) in [4.78, 5) is 18.3. The van der Waals surface area contributed by atoms with Crippen LogP contribution in [0.1, 0.15) is 18.4 Å². The molecule has 5 nitrogen and oxygen atoms in total. The Balaban J connectivity index is 1.45. The van der Waals surface area contributed by atoms with Gasteiger partial charge in [0.05, 0.1) is 5.60 Å². The molecule has 0 bridgehead atoms. The predicted molar refractivity (Wildman–Crippen MR) is 102 cm³/mol. The molecule has 1 fully saturated rings. The molecule has 5 heteroatoms. The van der Waals surface area contributed by atoms with Crippen molar-refractivity contribution < 1.29 is 5.11 Å². The summed E-state index contributed by atoms with van der Waals surface area (Å²) in [6.45, 7) is 3.14. The second-order valence-corrected chi connectivity index (χ2v) is 7.01. The van der Waals surface area contributed by atoms with Gasteiger partial charge in [0.25, 0.3) is 5.56 Å². The quantitative estimate of drug-likeness (QED) is 0.786. The molecule has 134 valence electrons. The van der Waals surface area contributed by atoms with Crippen LogP contribution < -0.4 is 5.56 Å². The van der Waals surface area contributed by atoms with E-state index in [1.807, 2.05) is 42.7 Å². The molecule has 1 N–H and O–H groups in total. The molecule has 1 aliphatic rings. The summed E-state index contributed by atoms with van der Waals surface area (Å²) in [5, 5.41) is 13.4. The maximum atomic E-state index is 11.8. The number of hydrogen-bond acceptors (Lipinski definition) is 4. The van der Waals surface area contributed by atoms with Crippen molar-refractivity contribution >= 4 is 10.8 Å². The number of nitrogens with zero attached hydrogens (tertiary/aromatic N) is 3. The van der Waals surface area contributed by atoms with Crippen molar-refractivity contribution in [2.75, 3.05) is 19.6 Å². The minimum Gasteiger partial charge on any atom is -0.385 e. The zero-order chi connectivity index (χ0) is 18.0. The van der Waals surface area contributed by atoms with Gasteiger partial charge in [-0.15, -0.1) is 0 Å². The molecule has 3 heterocycles. The topological polar surface area (TPSA) is 58.4 Å². The number of pyridine rings is 2. The lowest BCUT2D eigenvalue weighted by atomic mass is 9.82. The molecule has 0 saturated carbocycles. The highest BCUT2D eigenvalue weighted by Gasteiger charge is 2.34. The molecule has 1 aliphatic heterocycles. The summed E-state index contributed by atoms with van der Waals surface area (Å²) in [7, 11) is 0. The van der Waals surface area contributed by atoms with Crippen LogP contribution in [0.4, 0.5) is 0 Å². The van der Waals surface area contributed by atoms with E-state index in [4.69, 9.17) is 0 Å². The second kappa shape index (κ2) is 7.02. The highest BCUT2D eigenvalue weighted by Crippen LogP contribution is 2.36. The van der Waals surface area contributed by atoms with E-state index in [9.17, 15) is 9.90 Å². The predicted octanol–water partition coefficient (Wildman–Crippen LogP) is 2.38. The van der Waals surface area contributed by atoms with E-state index in [0.717, 1.165) is 36.0 Å². The van der Waals surface area contributed by atoms with Crippen LogP contribution in [-0.4, -0.2) is 39.2 Å². The minimum atomic E-state index is -0.805. The molecule has 2 aromatic heterocycles. The first-order chi connectivity index (χ1) is 12.7. The standard InChI is InChI=1S/C21H23N3O2/c25-20-6-1-2-11-24(20)15-14-23-12-8-21(26,9-13-23)19-5-3-4-17-16-22-10-7-18(17)19/h1-7,10-11,16,26H,8-9,12-15H2. The van der Waals surface area contributed by atoms with Crippen molar-refractivity contribution in [1.82, 2.24) is 14.5 Å². The number of piperidine rings is 1. The molecule has 0 amide bonds. The maximum absolute atomic E-state index is 11.8. The fraction of sp³-hybridized carbons (Fsp3) is 0.333. The van der Waals surface area contributed by atoms with Gasteiger partial charge in [0.15, 0.2) is 0 Å². The van der Waals surface area contributed by atoms with Crippen LogP contribution >= 0.6 is 0 Å². The van der Waals surface area contributed by atoms with Crippen molar-refractivity contribution in [2.24, 2.45) is 0 Å². The molecule has 0 aliphatic carbocycles. The Morgan fingerprint density at radius 1 is 1.04 bits per heavy atom. The van der Waals surface area contributed by atoms with Crippen LogP contribution in [0.3, 0.4) is 0 Å². The summed E-state index contributed by atoms with van der Waals surface area (Å²) in [6, 6.07) is 13.3. The number of likely N-dealkylation sites (tertiary alicyclic amines) is 1. The van der Waals surface area contributed by atoms with Crippen molar-refractivity contribution in [3.63, 3.8) is 0 Å². The largest absolute Gasteiger partial charge is 0.385 e. The average molecular weight is 349 g/mol. The van der Waals surface area contributed by atoms with Gasteiger partial charge in [0, 0.05) is 56.2 Å². The van der Waals surface area contributed by atoms with Crippen LogP contribution in [0.2, 0.25) is 0 Å². The van der Waals surface area contributed by atoms with E-state index in [-0.39, 0.29) is 5.56 Å². The first kappa shape index (κ1) is 16.9. The van der Waals surface area contributed by atoms with Gasteiger partial charge < -0.3 is 14.6 Å². The summed E-state index contributed by atoms with van der Waals surface area (Å²) < 4.78 is 1.73. The summed E-state index contributed by atoms with van der Waals surface area (Å²) >= 11 is 0. The van der Waals surface area contributed by atoms with Crippen LogP contribution in [0.25, 0.3) is 10.8 Å². The van der Waals surface area contributed by atoms with Crippen LogP contribution in [-0.2, 0) is 12.1 Å². The zero-order valence-corrected chi connectivity index (χ0v) is 14.7. The number of rotatable bonds is 4. The van der Waals surface area contributed by atoms with Gasteiger partial charge in [-0.05, 0) is 35.9 Å². The van der Waals surface area contributed by atoms with Crippen molar-refractivity contribution in [3.05, 3.63) is 77.0 Å². The van der Waals surface area contributed by atoms with E-state index in [0.29, 0.717) is 19.4 Å². The Kier molecular flexibility index (Phi) is 4.57. The summed E-state index contributed by atoms with van der Waals surface area (Å²) in [6.07, 6.45) is 6.83. The molecule has 1 aromatic carbocycles. The van der Waals surface area contributed by atoms with Crippen LogP contribution in [0.15, 0.2) is 65.8 Å². The van der Waals surface area contributed by atoms with Crippen LogP contribution in [0, 0.1) is 0 Å². The highest BCUT2D eigenvalue weighted by molar-refractivity contribution is 5.85. The van der Waals surface area contributed by atoms with Crippen molar-refractivity contribution in [3.8, 4) is 0 Å². The number of fused-ring (bicyclic) bond motifs is 1. The normalized spacial score (nSPS) is 17.4. The van der Waals surface area contributed by atoms with Gasteiger partial charge in [-0.3, -0.25) is 9.78 Å². The molecule has 0 radical (unpaired) electrons. The third-order valence-corrected chi connectivity index (χ3v) is 5.42. The van der Waals surface area contributed by atoms with Crippen LogP contribution in [0.5, 0.6) is 0 Å². The smallest absolute Gasteiger partial charge is 0.250 e. The molecular weight excluding hydrogens is 326 g/mol. The number of aromatic nitrogens is 2. The molecule has 0 atom stereocenters. The van der Waals surface area contributed by atoms with Crippen molar-refractivity contribution in [2.45, 2.75) is 25.0 Å². The highest BCUT2D eigenvalue weighted by atomic mass is 16.3. The fourth-order valence-corrected chi connectivity index (χ4v) is 3.84. The molecule has 1 saturated heterocycles. The molecule has 3 aromatic rings. The maximum Gasteiger partial charge on any atom is 0.250 e. The molecule has 0 unspecified atom stereocenters. The zero-order valence-electron chi connectivity index (χ0n) is 14.7. The third-order valence-electron chi connectivity index (χ3n) is 5.42. The Bertz CT molecular complexity index is 953. The Morgan fingerprint density at radius 3 is 2.69 bits per heavy atom. The van der Waals surface area contributed by atoms with E-state index < -0.39 is 5.60 Å². The second-order valence-electron chi connectivity index (χ2n) is 7.01. The van der Waals surface area contributed by atoms with Crippen molar-refractivity contribution in [1.29, 1.82) is 0 Å². The summed E-state index contributed by atoms with van der Waals surface area (Å²) in [5.41, 5.74) is 0.225. The number of benzene rings is 1. The summed E-state index contributed by atoms with van der Waals surface area (Å²) in [5.74, 6) is 0. The van der Waals surface area contributed by atoms with Gasteiger partial charge in [0.2, 0.25) is 0 Å².